The highest BCUT2D eigenvalue weighted by Crippen LogP contribution is 2.17. The Bertz CT molecular complexity index is 483. The second kappa shape index (κ2) is 4.86. The summed E-state index contributed by atoms with van der Waals surface area (Å²) in [6, 6.07) is 1.08. The molecule has 0 spiro atoms. The third-order valence-corrected chi connectivity index (χ3v) is 3.74. The van der Waals surface area contributed by atoms with Crippen molar-refractivity contribution in [3.05, 3.63) is 35.1 Å². The van der Waals surface area contributed by atoms with E-state index in [1.165, 1.54) is 0 Å². The van der Waals surface area contributed by atoms with Crippen molar-refractivity contribution in [1.29, 1.82) is 0 Å². The molecule has 0 saturated heterocycles. The molecule has 0 aliphatic rings. The molecule has 0 N–H and O–H groups in total. The lowest BCUT2D eigenvalue weighted by molar-refractivity contribution is 0.487. The zero-order valence-electron chi connectivity index (χ0n) is 8.63. The Kier molecular flexibility index (Phi) is 3.96. The average Bonchev–Trinajstić information content (AvgIpc) is 2.12. The van der Waals surface area contributed by atoms with Crippen LogP contribution in [0, 0.1) is 17.5 Å². The summed E-state index contributed by atoms with van der Waals surface area (Å²) in [5.41, 5.74) is -0.467. The first kappa shape index (κ1) is 13.0. The van der Waals surface area contributed by atoms with Crippen molar-refractivity contribution < 1.29 is 21.6 Å². The van der Waals surface area contributed by atoms with Gasteiger partial charge < -0.3 is 0 Å². The highest BCUT2D eigenvalue weighted by Gasteiger charge is 2.17. The van der Waals surface area contributed by atoms with Gasteiger partial charge in [0.05, 0.1) is 11.5 Å². The van der Waals surface area contributed by atoms with Gasteiger partial charge >= 0.3 is 0 Å². The Morgan fingerprint density at radius 2 is 1.81 bits per heavy atom. The first-order valence-corrected chi connectivity index (χ1v) is 6.51. The molecule has 0 heterocycles. The van der Waals surface area contributed by atoms with E-state index in [-0.39, 0.29) is 5.75 Å². The van der Waals surface area contributed by atoms with Crippen molar-refractivity contribution in [1.82, 2.24) is 0 Å². The van der Waals surface area contributed by atoms with Crippen LogP contribution in [0.3, 0.4) is 0 Å². The lowest BCUT2D eigenvalue weighted by atomic mass is 10.2. The van der Waals surface area contributed by atoms with Crippen molar-refractivity contribution in [3.8, 4) is 0 Å². The summed E-state index contributed by atoms with van der Waals surface area (Å²) >= 11 is 0. The maximum Gasteiger partial charge on any atom is 0.163 e. The van der Waals surface area contributed by atoms with Crippen LogP contribution in [-0.2, 0) is 15.6 Å². The molecule has 0 atom stereocenters. The number of hydrogen-bond acceptors (Lipinski definition) is 2. The van der Waals surface area contributed by atoms with Crippen LogP contribution in [0.5, 0.6) is 0 Å². The van der Waals surface area contributed by atoms with Crippen LogP contribution in [0.1, 0.15) is 18.9 Å². The fourth-order valence-electron chi connectivity index (χ4n) is 1.33. The van der Waals surface area contributed by atoms with Gasteiger partial charge in [-0.1, -0.05) is 6.92 Å². The van der Waals surface area contributed by atoms with Crippen LogP contribution in [0.25, 0.3) is 0 Å². The summed E-state index contributed by atoms with van der Waals surface area (Å²) in [7, 11) is -3.51. The minimum Gasteiger partial charge on any atom is -0.228 e. The van der Waals surface area contributed by atoms with Crippen molar-refractivity contribution >= 4 is 9.84 Å². The molecule has 6 heteroatoms. The van der Waals surface area contributed by atoms with Gasteiger partial charge in [0.25, 0.3) is 0 Å². The highest BCUT2D eigenvalue weighted by molar-refractivity contribution is 7.90. The summed E-state index contributed by atoms with van der Waals surface area (Å²) in [5, 5.41) is 0. The van der Waals surface area contributed by atoms with Gasteiger partial charge in [-0.25, -0.2) is 21.6 Å². The van der Waals surface area contributed by atoms with E-state index >= 15 is 0 Å². The number of rotatable bonds is 4. The standard InChI is InChI=1S/C10H11F3O2S/c1-2-3-16(14,15)6-7-4-8(11)5-9(12)10(7)13/h4-5H,2-3,6H2,1H3. The Morgan fingerprint density at radius 1 is 1.19 bits per heavy atom. The summed E-state index contributed by atoms with van der Waals surface area (Å²) in [6.07, 6.45) is 0.377. The molecular weight excluding hydrogens is 241 g/mol. The SMILES string of the molecule is CCCS(=O)(=O)Cc1cc(F)cc(F)c1F. The first-order chi connectivity index (χ1) is 7.35. The van der Waals surface area contributed by atoms with Gasteiger partial charge in [-0.2, -0.15) is 0 Å². The van der Waals surface area contributed by atoms with E-state index in [0.717, 1.165) is 0 Å². The van der Waals surface area contributed by atoms with Gasteiger partial charge in [0.2, 0.25) is 0 Å². The summed E-state index contributed by atoms with van der Waals surface area (Å²) in [4.78, 5) is 0. The number of halogens is 3. The second-order valence-electron chi connectivity index (χ2n) is 3.45. The van der Waals surface area contributed by atoms with E-state index < -0.39 is 38.6 Å². The normalized spacial score (nSPS) is 11.8. The van der Waals surface area contributed by atoms with E-state index in [2.05, 4.69) is 0 Å². The molecule has 0 bridgehead atoms. The van der Waals surface area contributed by atoms with E-state index in [1.807, 2.05) is 0 Å². The number of sulfone groups is 1. The number of benzene rings is 1. The van der Waals surface area contributed by atoms with E-state index in [0.29, 0.717) is 18.6 Å². The van der Waals surface area contributed by atoms with Crippen LogP contribution >= 0.6 is 0 Å². The second-order valence-corrected chi connectivity index (χ2v) is 5.64. The van der Waals surface area contributed by atoms with Crippen LogP contribution in [0.2, 0.25) is 0 Å². The Morgan fingerprint density at radius 3 is 2.38 bits per heavy atom. The van der Waals surface area contributed by atoms with E-state index in [1.54, 1.807) is 6.92 Å². The monoisotopic (exact) mass is 252 g/mol. The smallest absolute Gasteiger partial charge is 0.163 e. The van der Waals surface area contributed by atoms with Crippen molar-refractivity contribution in [2.45, 2.75) is 19.1 Å². The zero-order chi connectivity index (χ0) is 12.3. The fourth-order valence-corrected chi connectivity index (χ4v) is 2.78. The topological polar surface area (TPSA) is 34.1 Å². The maximum atomic E-state index is 13.1. The minimum absolute atomic E-state index is 0.134. The maximum absolute atomic E-state index is 13.1. The predicted octanol–water partition coefficient (Wildman–Crippen LogP) is 2.43. The molecule has 0 aromatic heterocycles. The van der Waals surface area contributed by atoms with E-state index in [9.17, 15) is 21.6 Å². The molecule has 1 aromatic carbocycles. The van der Waals surface area contributed by atoms with Gasteiger partial charge in [-0.3, -0.25) is 0 Å². The molecule has 0 aliphatic carbocycles. The van der Waals surface area contributed by atoms with Crippen LogP contribution < -0.4 is 0 Å². The minimum atomic E-state index is -3.51. The molecule has 0 amide bonds. The first-order valence-electron chi connectivity index (χ1n) is 4.69. The molecule has 2 nitrogen and oxygen atoms in total. The summed E-state index contributed by atoms with van der Waals surface area (Å²) < 4.78 is 61.4. The van der Waals surface area contributed by atoms with Gasteiger partial charge in [0.15, 0.2) is 21.5 Å². The largest absolute Gasteiger partial charge is 0.228 e. The zero-order valence-corrected chi connectivity index (χ0v) is 9.45. The lowest BCUT2D eigenvalue weighted by Crippen LogP contribution is -2.10. The highest BCUT2D eigenvalue weighted by atomic mass is 32.2. The Balaban J connectivity index is 3.07. The predicted molar refractivity (Wildman–Crippen MR) is 54.1 cm³/mol. The summed E-state index contributed by atoms with van der Waals surface area (Å²) in [6.45, 7) is 1.65. The quantitative estimate of drug-likeness (QED) is 0.771. The summed E-state index contributed by atoms with van der Waals surface area (Å²) in [5.74, 6) is -4.48. The Hall–Kier alpha value is -1.04. The average molecular weight is 252 g/mol. The molecule has 16 heavy (non-hydrogen) atoms. The Labute approximate surface area is 92.0 Å². The third kappa shape index (κ3) is 3.23. The molecule has 90 valence electrons. The van der Waals surface area contributed by atoms with Gasteiger partial charge in [0.1, 0.15) is 5.82 Å². The molecule has 0 aliphatic heterocycles. The molecule has 0 fully saturated rings. The van der Waals surface area contributed by atoms with Crippen LogP contribution in [0.4, 0.5) is 13.2 Å². The molecule has 0 saturated carbocycles. The van der Waals surface area contributed by atoms with E-state index in [4.69, 9.17) is 0 Å². The molecule has 1 aromatic rings. The third-order valence-electron chi connectivity index (χ3n) is 1.96. The van der Waals surface area contributed by atoms with Crippen molar-refractivity contribution in [2.24, 2.45) is 0 Å². The molecular formula is C10H11F3O2S. The van der Waals surface area contributed by atoms with Crippen LogP contribution in [0.15, 0.2) is 12.1 Å². The van der Waals surface area contributed by atoms with Gasteiger partial charge in [-0.15, -0.1) is 0 Å². The van der Waals surface area contributed by atoms with Gasteiger partial charge in [-0.05, 0) is 12.5 Å². The van der Waals surface area contributed by atoms with Crippen LogP contribution in [-0.4, -0.2) is 14.2 Å². The number of hydrogen-bond donors (Lipinski definition) is 0. The lowest BCUT2D eigenvalue weighted by Gasteiger charge is -2.05. The molecule has 0 radical (unpaired) electrons. The fraction of sp³-hybridized carbons (Fsp3) is 0.400. The van der Waals surface area contributed by atoms with Crippen molar-refractivity contribution in [2.75, 3.05) is 5.75 Å². The molecule has 0 unspecified atom stereocenters. The van der Waals surface area contributed by atoms with Gasteiger partial charge in [0, 0.05) is 11.6 Å². The van der Waals surface area contributed by atoms with Crippen molar-refractivity contribution in [3.63, 3.8) is 0 Å². The molecule has 1 rings (SSSR count).